The van der Waals surface area contributed by atoms with Gasteiger partial charge in [0.15, 0.2) is 0 Å². The van der Waals surface area contributed by atoms with Gasteiger partial charge in [0, 0.05) is 29.8 Å². The van der Waals surface area contributed by atoms with Crippen LogP contribution in [0.3, 0.4) is 0 Å². The second-order valence-electron chi connectivity index (χ2n) is 9.40. The number of benzene rings is 4. The van der Waals surface area contributed by atoms with Crippen molar-refractivity contribution in [2.75, 3.05) is 21.3 Å². The molecule has 0 radical (unpaired) electrons. The van der Waals surface area contributed by atoms with E-state index in [0.29, 0.717) is 0 Å². The molecule has 4 aromatic carbocycles. The predicted octanol–water partition coefficient (Wildman–Crippen LogP) is 7.20. The van der Waals surface area contributed by atoms with Crippen molar-refractivity contribution in [3.8, 4) is 34.1 Å². The summed E-state index contributed by atoms with van der Waals surface area (Å²) in [6.07, 6.45) is 0. The molecule has 5 aromatic rings. The average molecular weight is 479 g/mol. The number of nitrogens with zero attached hydrogens (tertiary/aromatic N) is 1. The third kappa shape index (κ3) is 3.74. The zero-order valence-corrected chi connectivity index (χ0v) is 22.0. The Hall–Kier alpha value is -4.05. The quantitative estimate of drug-likeness (QED) is 0.198. The summed E-state index contributed by atoms with van der Waals surface area (Å²) in [5.74, 6) is 2.34. The molecule has 0 aliphatic carbocycles. The molecule has 0 spiro atoms. The van der Waals surface area contributed by atoms with Crippen LogP contribution in [0.5, 0.6) is 17.2 Å². The summed E-state index contributed by atoms with van der Waals surface area (Å²) in [5.41, 5.74) is 10.2. The Labute approximate surface area is 212 Å². The summed E-state index contributed by atoms with van der Waals surface area (Å²) < 4.78 is 20.1. The van der Waals surface area contributed by atoms with E-state index in [1.807, 2.05) is 12.1 Å². The molecular weight excluding hydrogens is 446 g/mol. The molecule has 0 aliphatic heterocycles. The van der Waals surface area contributed by atoms with Gasteiger partial charge >= 0.3 is 0 Å². The number of aryl methyl sites for hydroxylation is 4. The fourth-order valence-electron chi connectivity index (χ4n) is 5.54. The molecule has 4 nitrogen and oxygen atoms in total. The van der Waals surface area contributed by atoms with Crippen LogP contribution in [0.4, 0.5) is 0 Å². The second kappa shape index (κ2) is 9.19. The topological polar surface area (TPSA) is 31.6 Å². The molecule has 1 heterocycles. The van der Waals surface area contributed by atoms with Gasteiger partial charge in [0.1, 0.15) is 17.2 Å². The van der Waals surface area contributed by atoms with Crippen molar-refractivity contribution in [1.29, 1.82) is 0 Å². The maximum absolute atomic E-state index is 6.05. The van der Waals surface area contributed by atoms with Gasteiger partial charge in [0.25, 0.3) is 0 Å². The highest BCUT2D eigenvalue weighted by atomic mass is 16.5. The number of fused-ring (bicyclic) bond motifs is 2. The molecule has 36 heavy (non-hydrogen) atoms. The third-order valence-corrected chi connectivity index (χ3v) is 6.88. The highest BCUT2D eigenvalue weighted by Crippen LogP contribution is 2.46. The number of aromatic nitrogens is 1. The van der Waals surface area contributed by atoms with E-state index < -0.39 is 0 Å². The molecule has 0 atom stereocenters. The first-order chi connectivity index (χ1) is 17.4. The number of hydrogen-bond acceptors (Lipinski definition) is 3. The zero-order valence-electron chi connectivity index (χ0n) is 22.0. The Bertz CT molecular complexity index is 1600. The SMILES string of the molecule is COc1cc(OC)c2c(-c3c(C)cc(C)cc3C)c3c(OC)cc(C)cc3[n+](-c3ccccc3)c2c1. The van der Waals surface area contributed by atoms with Gasteiger partial charge in [-0.15, -0.1) is 0 Å². The lowest BCUT2D eigenvalue weighted by atomic mass is 9.87. The normalized spacial score (nSPS) is 11.2. The third-order valence-electron chi connectivity index (χ3n) is 6.88. The Morgan fingerprint density at radius 3 is 1.69 bits per heavy atom. The minimum Gasteiger partial charge on any atom is -0.496 e. The lowest BCUT2D eigenvalue weighted by molar-refractivity contribution is -0.538. The van der Waals surface area contributed by atoms with Gasteiger partial charge in [0.05, 0.1) is 38.2 Å². The summed E-state index contributed by atoms with van der Waals surface area (Å²) in [6, 6.07) is 23.3. The number of rotatable bonds is 5. The molecule has 0 aliphatic rings. The molecule has 0 N–H and O–H groups in total. The van der Waals surface area contributed by atoms with Crippen LogP contribution in [0.25, 0.3) is 38.6 Å². The summed E-state index contributed by atoms with van der Waals surface area (Å²) in [5, 5.41) is 2.07. The number of methoxy groups -OCH3 is 3. The van der Waals surface area contributed by atoms with Gasteiger partial charge < -0.3 is 14.2 Å². The number of para-hydroxylation sites is 1. The lowest BCUT2D eigenvalue weighted by Gasteiger charge is -2.20. The zero-order chi connectivity index (χ0) is 25.6. The molecule has 0 bridgehead atoms. The lowest BCUT2D eigenvalue weighted by Crippen LogP contribution is -2.33. The molecule has 0 saturated carbocycles. The molecule has 0 unspecified atom stereocenters. The van der Waals surface area contributed by atoms with E-state index >= 15 is 0 Å². The summed E-state index contributed by atoms with van der Waals surface area (Å²) in [6.45, 7) is 8.61. The first kappa shape index (κ1) is 23.7. The van der Waals surface area contributed by atoms with E-state index in [-0.39, 0.29) is 0 Å². The Balaban J connectivity index is 2.17. The van der Waals surface area contributed by atoms with Crippen LogP contribution in [0.2, 0.25) is 0 Å². The monoisotopic (exact) mass is 478 g/mol. The van der Waals surface area contributed by atoms with Crippen molar-refractivity contribution in [2.45, 2.75) is 27.7 Å². The maximum atomic E-state index is 6.05. The average Bonchev–Trinajstić information content (AvgIpc) is 2.86. The van der Waals surface area contributed by atoms with Crippen LogP contribution in [-0.2, 0) is 0 Å². The van der Waals surface area contributed by atoms with Crippen LogP contribution >= 0.6 is 0 Å². The molecule has 0 fully saturated rings. The van der Waals surface area contributed by atoms with Crippen molar-refractivity contribution < 1.29 is 18.8 Å². The molecule has 4 heteroatoms. The minimum absolute atomic E-state index is 0.742. The summed E-state index contributed by atoms with van der Waals surface area (Å²) in [4.78, 5) is 0. The summed E-state index contributed by atoms with van der Waals surface area (Å²) in [7, 11) is 5.16. The number of hydrogen-bond donors (Lipinski definition) is 0. The predicted molar refractivity (Wildman–Crippen MR) is 147 cm³/mol. The van der Waals surface area contributed by atoms with E-state index in [2.05, 4.69) is 86.9 Å². The van der Waals surface area contributed by atoms with Gasteiger partial charge in [-0.1, -0.05) is 35.9 Å². The maximum Gasteiger partial charge on any atom is 0.227 e. The fraction of sp³-hybridized carbons (Fsp3) is 0.219. The van der Waals surface area contributed by atoms with Gasteiger partial charge in [0.2, 0.25) is 16.7 Å². The fourth-order valence-corrected chi connectivity index (χ4v) is 5.54. The highest BCUT2D eigenvalue weighted by Gasteiger charge is 2.30. The van der Waals surface area contributed by atoms with E-state index in [4.69, 9.17) is 14.2 Å². The Morgan fingerprint density at radius 1 is 0.556 bits per heavy atom. The second-order valence-corrected chi connectivity index (χ2v) is 9.40. The molecule has 5 rings (SSSR count). The number of pyridine rings is 1. The van der Waals surface area contributed by atoms with Crippen LogP contribution < -0.4 is 18.8 Å². The minimum atomic E-state index is 0.742. The van der Waals surface area contributed by atoms with Crippen molar-refractivity contribution in [1.82, 2.24) is 0 Å². The van der Waals surface area contributed by atoms with Crippen molar-refractivity contribution in [2.24, 2.45) is 0 Å². The first-order valence-corrected chi connectivity index (χ1v) is 12.1. The smallest absolute Gasteiger partial charge is 0.227 e. The van der Waals surface area contributed by atoms with E-state index in [1.165, 1.54) is 22.3 Å². The van der Waals surface area contributed by atoms with Crippen LogP contribution in [0, 0.1) is 27.7 Å². The van der Waals surface area contributed by atoms with Gasteiger partial charge in [-0.25, -0.2) is 0 Å². The standard InChI is InChI=1S/C32H32NO3/c1-19-13-21(3)29(22(4)14-19)32-30-25(15-20(2)16-27(30)35-6)33(23-11-9-8-10-12-23)26-17-24(34-5)18-28(36-7)31(26)32/h8-18H,1-7H3/q+1. The highest BCUT2D eigenvalue weighted by molar-refractivity contribution is 6.13. The Kier molecular flexibility index (Phi) is 6.05. The van der Waals surface area contributed by atoms with Crippen molar-refractivity contribution >= 4 is 21.8 Å². The molecular formula is C32H32NO3+. The van der Waals surface area contributed by atoms with Crippen LogP contribution in [0.1, 0.15) is 22.3 Å². The van der Waals surface area contributed by atoms with E-state index in [1.54, 1.807) is 21.3 Å². The number of ether oxygens (including phenoxy) is 3. The van der Waals surface area contributed by atoms with Crippen LogP contribution in [-0.4, -0.2) is 21.3 Å². The van der Waals surface area contributed by atoms with Crippen molar-refractivity contribution in [3.63, 3.8) is 0 Å². The van der Waals surface area contributed by atoms with Crippen molar-refractivity contribution in [3.05, 3.63) is 89.0 Å². The first-order valence-electron chi connectivity index (χ1n) is 12.1. The summed E-state index contributed by atoms with van der Waals surface area (Å²) >= 11 is 0. The van der Waals surface area contributed by atoms with E-state index in [0.717, 1.165) is 55.9 Å². The van der Waals surface area contributed by atoms with Gasteiger partial charge in [-0.3, -0.25) is 0 Å². The van der Waals surface area contributed by atoms with Crippen LogP contribution in [0.15, 0.2) is 66.7 Å². The molecule has 0 saturated heterocycles. The Morgan fingerprint density at radius 2 is 1.11 bits per heavy atom. The molecule has 182 valence electrons. The van der Waals surface area contributed by atoms with Gasteiger partial charge in [-0.2, -0.15) is 4.57 Å². The van der Waals surface area contributed by atoms with E-state index in [9.17, 15) is 0 Å². The molecule has 0 amide bonds. The largest absolute Gasteiger partial charge is 0.496 e. The van der Waals surface area contributed by atoms with Gasteiger partial charge in [-0.05, 0) is 56.0 Å². The molecule has 1 aromatic heterocycles.